The van der Waals surface area contributed by atoms with Crippen molar-refractivity contribution in [3.05, 3.63) is 33.9 Å². The molecule has 0 spiro atoms. The van der Waals surface area contributed by atoms with Crippen molar-refractivity contribution in [3.8, 4) is 0 Å². The first-order valence-electron chi connectivity index (χ1n) is 7.44. The molecule has 7 nitrogen and oxygen atoms in total. The quantitative estimate of drug-likeness (QED) is 0.640. The highest BCUT2D eigenvalue weighted by molar-refractivity contribution is 5.93. The van der Waals surface area contributed by atoms with Crippen LogP contribution in [-0.4, -0.2) is 54.1 Å². The molecule has 22 heavy (non-hydrogen) atoms. The number of likely N-dealkylation sites (N-methyl/N-ethyl adjacent to an activating group) is 1. The highest BCUT2D eigenvalue weighted by Crippen LogP contribution is 2.25. The SMILES string of the molecule is CN(CCN1CCCCC1)c1ccc(C(=O)O)c([N+](=O)[O-])c1. The first-order chi connectivity index (χ1) is 10.5. The van der Waals surface area contributed by atoms with Gasteiger partial charge < -0.3 is 14.9 Å². The molecule has 0 unspecified atom stereocenters. The Kier molecular flexibility index (Phi) is 5.32. The predicted molar refractivity (Wildman–Crippen MR) is 83.6 cm³/mol. The summed E-state index contributed by atoms with van der Waals surface area (Å²) in [4.78, 5) is 25.7. The van der Waals surface area contributed by atoms with Crippen molar-refractivity contribution in [2.24, 2.45) is 0 Å². The Morgan fingerprint density at radius 3 is 2.64 bits per heavy atom. The molecular formula is C15H21N3O4. The molecule has 0 saturated carbocycles. The number of carboxylic acids is 1. The lowest BCUT2D eigenvalue weighted by atomic mass is 10.1. The number of rotatable bonds is 6. The fourth-order valence-corrected chi connectivity index (χ4v) is 2.69. The van der Waals surface area contributed by atoms with E-state index in [2.05, 4.69) is 4.90 Å². The normalized spacial score (nSPS) is 15.5. The minimum Gasteiger partial charge on any atom is -0.477 e. The van der Waals surface area contributed by atoms with E-state index in [1.54, 1.807) is 6.07 Å². The first kappa shape index (κ1) is 16.2. The minimum absolute atomic E-state index is 0.279. The summed E-state index contributed by atoms with van der Waals surface area (Å²) in [5.41, 5.74) is 0.0155. The van der Waals surface area contributed by atoms with Gasteiger partial charge in [-0.1, -0.05) is 6.42 Å². The Morgan fingerprint density at radius 2 is 2.05 bits per heavy atom. The second kappa shape index (κ2) is 7.22. The van der Waals surface area contributed by atoms with E-state index in [1.807, 2.05) is 11.9 Å². The van der Waals surface area contributed by atoms with Crippen LogP contribution in [0.4, 0.5) is 11.4 Å². The summed E-state index contributed by atoms with van der Waals surface area (Å²) in [6, 6.07) is 4.25. The molecule has 0 aromatic heterocycles. The van der Waals surface area contributed by atoms with Crippen LogP contribution >= 0.6 is 0 Å². The zero-order chi connectivity index (χ0) is 16.1. The van der Waals surface area contributed by atoms with E-state index in [4.69, 9.17) is 5.11 Å². The van der Waals surface area contributed by atoms with E-state index in [-0.39, 0.29) is 11.3 Å². The second-order valence-electron chi connectivity index (χ2n) is 5.59. The third-order valence-corrected chi connectivity index (χ3v) is 4.05. The molecule has 1 fully saturated rings. The molecule has 1 saturated heterocycles. The van der Waals surface area contributed by atoms with Gasteiger partial charge in [0, 0.05) is 31.9 Å². The van der Waals surface area contributed by atoms with Crippen LogP contribution in [0.3, 0.4) is 0 Å². The molecule has 0 atom stereocenters. The number of carbonyl (C=O) groups is 1. The zero-order valence-corrected chi connectivity index (χ0v) is 12.7. The molecule has 7 heteroatoms. The number of carboxylic acid groups (broad SMARTS) is 1. The van der Waals surface area contributed by atoms with Crippen LogP contribution in [0.25, 0.3) is 0 Å². The molecule has 1 aliphatic rings. The van der Waals surface area contributed by atoms with Gasteiger partial charge in [-0.05, 0) is 38.1 Å². The molecular weight excluding hydrogens is 286 g/mol. The molecule has 120 valence electrons. The Hall–Kier alpha value is -2.15. The summed E-state index contributed by atoms with van der Waals surface area (Å²) >= 11 is 0. The van der Waals surface area contributed by atoms with Crippen LogP contribution in [0.1, 0.15) is 29.6 Å². The summed E-state index contributed by atoms with van der Waals surface area (Å²) in [6.07, 6.45) is 3.74. The van der Waals surface area contributed by atoms with Crippen LogP contribution in [0.15, 0.2) is 18.2 Å². The van der Waals surface area contributed by atoms with Crippen molar-refractivity contribution >= 4 is 17.3 Å². The fraction of sp³-hybridized carbons (Fsp3) is 0.533. The number of piperidine rings is 1. The predicted octanol–water partition coefficient (Wildman–Crippen LogP) is 2.22. The standard InChI is InChI=1S/C15H21N3O4/c1-16(9-10-17-7-3-2-4-8-17)12-5-6-13(15(19)20)14(11-12)18(21)22/h5-6,11H,2-4,7-10H2,1H3,(H,19,20). The fourth-order valence-electron chi connectivity index (χ4n) is 2.69. The number of hydrogen-bond donors (Lipinski definition) is 1. The van der Waals surface area contributed by atoms with Crippen molar-refractivity contribution < 1.29 is 14.8 Å². The van der Waals surface area contributed by atoms with Crippen molar-refractivity contribution in [1.29, 1.82) is 0 Å². The number of nitrogens with zero attached hydrogens (tertiary/aromatic N) is 3. The van der Waals surface area contributed by atoms with Crippen LogP contribution < -0.4 is 4.90 Å². The molecule has 2 rings (SSSR count). The lowest BCUT2D eigenvalue weighted by molar-refractivity contribution is -0.385. The molecule has 0 bridgehead atoms. The average Bonchev–Trinajstić information content (AvgIpc) is 2.52. The van der Waals surface area contributed by atoms with Gasteiger partial charge in [-0.25, -0.2) is 4.79 Å². The van der Waals surface area contributed by atoms with Crippen LogP contribution in [0.5, 0.6) is 0 Å². The van der Waals surface area contributed by atoms with Gasteiger partial charge in [-0.2, -0.15) is 0 Å². The third-order valence-electron chi connectivity index (χ3n) is 4.05. The highest BCUT2D eigenvalue weighted by Gasteiger charge is 2.21. The summed E-state index contributed by atoms with van der Waals surface area (Å²) in [7, 11) is 1.86. The highest BCUT2D eigenvalue weighted by atomic mass is 16.6. The summed E-state index contributed by atoms with van der Waals surface area (Å²) in [6.45, 7) is 3.87. The first-order valence-corrected chi connectivity index (χ1v) is 7.44. The number of aromatic carboxylic acids is 1. The van der Waals surface area contributed by atoms with E-state index < -0.39 is 10.9 Å². The summed E-state index contributed by atoms with van der Waals surface area (Å²) in [5.74, 6) is -1.28. The van der Waals surface area contributed by atoms with Gasteiger partial charge in [0.15, 0.2) is 0 Å². The molecule has 0 amide bonds. The maximum Gasteiger partial charge on any atom is 0.342 e. The summed E-state index contributed by atoms with van der Waals surface area (Å²) in [5, 5.41) is 20.0. The number of anilines is 1. The monoisotopic (exact) mass is 307 g/mol. The number of hydrogen-bond acceptors (Lipinski definition) is 5. The largest absolute Gasteiger partial charge is 0.477 e. The Bertz CT molecular complexity index is 556. The van der Waals surface area contributed by atoms with E-state index in [0.717, 1.165) is 26.2 Å². The van der Waals surface area contributed by atoms with Crippen molar-refractivity contribution in [2.75, 3.05) is 38.1 Å². The Morgan fingerprint density at radius 1 is 1.36 bits per heavy atom. The van der Waals surface area contributed by atoms with Crippen LogP contribution in [0, 0.1) is 10.1 Å². The smallest absolute Gasteiger partial charge is 0.342 e. The zero-order valence-electron chi connectivity index (χ0n) is 12.7. The number of nitro benzene ring substituents is 1. The van der Waals surface area contributed by atoms with Gasteiger partial charge in [0.1, 0.15) is 5.56 Å². The minimum atomic E-state index is -1.28. The van der Waals surface area contributed by atoms with E-state index >= 15 is 0 Å². The van der Waals surface area contributed by atoms with Crippen molar-refractivity contribution in [3.63, 3.8) is 0 Å². The topological polar surface area (TPSA) is 86.9 Å². The molecule has 1 aromatic rings. The van der Waals surface area contributed by atoms with Gasteiger partial charge in [0.05, 0.1) is 4.92 Å². The maximum atomic E-state index is 11.0. The Balaban J connectivity index is 2.05. The van der Waals surface area contributed by atoms with Gasteiger partial charge >= 0.3 is 5.97 Å². The van der Waals surface area contributed by atoms with Gasteiger partial charge in [0.2, 0.25) is 0 Å². The van der Waals surface area contributed by atoms with E-state index in [1.165, 1.54) is 31.4 Å². The molecule has 0 radical (unpaired) electrons. The van der Waals surface area contributed by atoms with Crippen molar-refractivity contribution in [1.82, 2.24) is 4.90 Å². The van der Waals surface area contributed by atoms with Gasteiger partial charge in [-0.15, -0.1) is 0 Å². The number of nitro groups is 1. The molecule has 1 aromatic carbocycles. The van der Waals surface area contributed by atoms with E-state index in [9.17, 15) is 14.9 Å². The lowest BCUT2D eigenvalue weighted by Crippen LogP contribution is -2.36. The maximum absolute atomic E-state index is 11.0. The van der Waals surface area contributed by atoms with Crippen molar-refractivity contribution in [2.45, 2.75) is 19.3 Å². The average molecular weight is 307 g/mol. The third kappa shape index (κ3) is 3.94. The molecule has 0 aliphatic carbocycles. The van der Waals surface area contributed by atoms with Gasteiger partial charge in [0.25, 0.3) is 5.69 Å². The lowest BCUT2D eigenvalue weighted by Gasteiger charge is -2.29. The summed E-state index contributed by atoms with van der Waals surface area (Å²) < 4.78 is 0. The number of likely N-dealkylation sites (tertiary alicyclic amines) is 1. The Labute approximate surface area is 129 Å². The second-order valence-corrected chi connectivity index (χ2v) is 5.59. The van der Waals surface area contributed by atoms with Crippen LogP contribution in [0.2, 0.25) is 0 Å². The van der Waals surface area contributed by atoms with Gasteiger partial charge in [-0.3, -0.25) is 10.1 Å². The van der Waals surface area contributed by atoms with Crippen LogP contribution in [-0.2, 0) is 0 Å². The molecule has 1 heterocycles. The number of benzene rings is 1. The molecule has 1 N–H and O–H groups in total. The van der Waals surface area contributed by atoms with E-state index in [0.29, 0.717) is 5.69 Å². The molecule has 1 aliphatic heterocycles.